The molecule has 1 atom stereocenters. The summed E-state index contributed by atoms with van der Waals surface area (Å²) in [5.41, 5.74) is 1.90. The van der Waals surface area contributed by atoms with Crippen LogP contribution in [0.3, 0.4) is 0 Å². The van der Waals surface area contributed by atoms with Crippen LogP contribution in [0.5, 0.6) is 5.88 Å². The number of piperazine rings is 1. The maximum atomic E-state index is 13.0. The Labute approximate surface area is 166 Å². The van der Waals surface area contributed by atoms with Crippen molar-refractivity contribution in [3.05, 3.63) is 59.8 Å². The Morgan fingerprint density at radius 2 is 1.93 bits per heavy atom. The zero-order valence-corrected chi connectivity index (χ0v) is 16.1. The normalized spacial score (nSPS) is 20.3. The van der Waals surface area contributed by atoms with Crippen molar-refractivity contribution in [2.45, 2.75) is 18.9 Å². The summed E-state index contributed by atoms with van der Waals surface area (Å²) in [7, 11) is 0. The monoisotopic (exact) mass is 381 g/mol. The maximum absolute atomic E-state index is 13.0. The molecule has 0 radical (unpaired) electrons. The number of amides is 1. The van der Waals surface area contributed by atoms with Crippen molar-refractivity contribution < 1.29 is 14.3 Å². The average molecular weight is 381 g/mol. The first-order valence-electron chi connectivity index (χ1n) is 10.0. The lowest BCUT2D eigenvalue weighted by Crippen LogP contribution is -2.49. The second-order valence-corrected chi connectivity index (χ2v) is 7.33. The molecule has 4 rings (SSSR count). The number of rotatable bonds is 6. The van der Waals surface area contributed by atoms with Gasteiger partial charge >= 0.3 is 0 Å². The van der Waals surface area contributed by atoms with Gasteiger partial charge in [0, 0.05) is 45.3 Å². The SMILES string of the molecule is O=C(c1cccnc1OC1CCOC1)N1CCN(CCc2ccccc2)CC1. The molecule has 2 saturated heterocycles. The van der Waals surface area contributed by atoms with Gasteiger partial charge in [0.15, 0.2) is 0 Å². The lowest BCUT2D eigenvalue weighted by molar-refractivity contribution is 0.0628. The van der Waals surface area contributed by atoms with E-state index >= 15 is 0 Å². The first kappa shape index (κ1) is 18.9. The minimum Gasteiger partial charge on any atom is -0.471 e. The molecule has 0 N–H and O–H groups in total. The fourth-order valence-corrected chi connectivity index (χ4v) is 3.69. The summed E-state index contributed by atoms with van der Waals surface area (Å²) in [4.78, 5) is 21.7. The molecule has 2 aromatic rings. The quantitative estimate of drug-likeness (QED) is 0.768. The fourth-order valence-electron chi connectivity index (χ4n) is 3.69. The van der Waals surface area contributed by atoms with Crippen molar-refractivity contribution in [2.24, 2.45) is 0 Å². The number of carbonyl (C=O) groups is 1. The number of hydrogen-bond donors (Lipinski definition) is 0. The van der Waals surface area contributed by atoms with E-state index in [2.05, 4.69) is 34.1 Å². The fraction of sp³-hybridized carbons (Fsp3) is 0.455. The van der Waals surface area contributed by atoms with Gasteiger partial charge in [-0.05, 0) is 24.1 Å². The number of carbonyl (C=O) groups excluding carboxylic acids is 1. The summed E-state index contributed by atoms with van der Waals surface area (Å²) in [5.74, 6) is 0.430. The molecule has 0 saturated carbocycles. The molecular formula is C22H27N3O3. The third-order valence-corrected chi connectivity index (χ3v) is 5.39. The van der Waals surface area contributed by atoms with E-state index in [0.717, 1.165) is 45.6 Å². The van der Waals surface area contributed by atoms with Crippen LogP contribution in [0.4, 0.5) is 0 Å². The first-order valence-corrected chi connectivity index (χ1v) is 10.0. The van der Waals surface area contributed by atoms with Crippen LogP contribution in [0.25, 0.3) is 0 Å². The van der Waals surface area contributed by atoms with Gasteiger partial charge in [0.1, 0.15) is 11.7 Å². The second-order valence-electron chi connectivity index (χ2n) is 7.33. The molecule has 3 heterocycles. The van der Waals surface area contributed by atoms with Crippen LogP contribution in [0.1, 0.15) is 22.3 Å². The number of nitrogens with zero attached hydrogens (tertiary/aromatic N) is 3. The Hall–Kier alpha value is -2.44. The Kier molecular flexibility index (Phi) is 6.19. The third kappa shape index (κ3) is 4.69. The summed E-state index contributed by atoms with van der Waals surface area (Å²) >= 11 is 0. The standard InChI is InChI=1S/C22H27N3O3/c26-22(20-7-4-10-23-21(20)28-19-9-16-27-17-19)25-14-12-24(13-15-25)11-8-18-5-2-1-3-6-18/h1-7,10,19H,8-9,11-17H2. The van der Waals surface area contributed by atoms with Crippen molar-refractivity contribution in [2.75, 3.05) is 45.9 Å². The molecule has 0 spiro atoms. The van der Waals surface area contributed by atoms with Crippen LogP contribution < -0.4 is 4.74 Å². The molecule has 1 aromatic heterocycles. The van der Waals surface area contributed by atoms with E-state index in [4.69, 9.17) is 9.47 Å². The van der Waals surface area contributed by atoms with Crippen LogP contribution in [0.2, 0.25) is 0 Å². The molecule has 2 fully saturated rings. The molecule has 2 aliphatic heterocycles. The lowest BCUT2D eigenvalue weighted by Gasteiger charge is -2.35. The molecule has 2 aliphatic rings. The van der Waals surface area contributed by atoms with E-state index in [0.29, 0.717) is 24.7 Å². The predicted octanol–water partition coefficient (Wildman–Crippen LogP) is 2.25. The van der Waals surface area contributed by atoms with Gasteiger partial charge in [-0.25, -0.2) is 4.98 Å². The minimum absolute atomic E-state index is 0.00437. The number of pyridine rings is 1. The van der Waals surface area contributed by atoms with Crippen molar-refractivity contribution in [3.8, 4) is 5.88 Å². The van der Waals surface area contributed by atoms with E-state index in [-0.39, 0.29) is 12.0 Å². The molecule has 1 amide bonds. The zero-order chi connectivity index (χ0) is 19.2. The third-order valence-electron chi connectivity index (χ3n) is 5.39. The Morgan fingerprint density at radius 3 is 2.68 bits per heavy atom. The highest BCUT2D eigenvalue weighted by molar-refractivity contribution is 5.96. The number of aromatic nitrogens is 1. The Bertz CT molecular complexity index is 770. The summed E-state index contributed by atoms with van der Waals surface area (Å²) in [6, 6.07) is 14.1. The van der Waals surface area contributed by atoms with Gasteiger partial charge in [-0.3, -0.25) is 9.69 Å². The molecule has 6 nitrogen and oxygen atoms in total. The molecular weight excluding hydrogens is 354 g/mol. The molecule has 0 aliphatic carbocycles. The zero-order valence-electron chi connectivity index (χ0n) is 16.1. The predicted molar refractivity (Wildman–Crippen MR) is 107 cm³/mol. The topological polar surface area (TPSA) is 54.9 Å². The molecule has 28 heavy (non-hydrogen) atoms. The molecule has 0 bridgehead atoms. The molecule has 148 valence electrons. The van der Waals surface area contributed by atoms with Crippen molar-refractivity contribution in [3.63, 3.8) is 0 Å². The van der Waals surface area contributed by atoms with Gasteiger partial charge in [-0.2, -0.15) is 0 Å². The van der Waals surface area contributed by atoms with Crippen LogP contribution in [0, 0.1) is 0 Å². The first-order chi connectivity index (χ1) is 13.8. The van der Waals surface area contributed by atoms with Crippen LogP contribution in [-0.2, 0) is 11.2 Å². The van der Waals surface area contributed by atoms with Gasteiger partial charge < -0.3 is 14.4 Å². The number of benzene rings is 1. The smallest absolute Gasteiger partial charge is 0.259 e. The summed E-state index contributed by atoms with van der Waals surface area (Å²) in [6.45, 7) is 5.53. The van der Waals surface area contributed by atoms with E-state index in [9.17, 15) is 4.79 Å². The largest absolute Gasteiger partial charge is 0.471 e. The van der Waals surface area contributed by atoms with Crippen molar-refractivity contribution >= 4 is 5.91 Å². The van der Waals surface area contributed by atoms with Crippen LogP contribution in [-0.4, -0.2) is 72.7 Å². The Morgan fingerprint density at radius 1 is 1.11 bits per heavy atom. The highest BCUT2D eigenvalue weighted by Gasteiger charge is 2.26. The van der Waals surface area contributed by atoms with Gasteiger partial charge in [-0.15, -0.1) is 0 Å². The van der Waals surface area contributed by atoms with Gasteiger partial charge in [0.25, 0.3) is 5.91 Å². The Balaban J connectivity index is 1.31. The summed E-state index contributed by atoms with van der Waals surface area (Å²) in [6.07, 6.45) is 3.53. The summed E-state index contributed by atoms with van der Waals surface area (Å²) < 4.78 is 11.3. The van der Waals surface area contributed by atoms with Gasteiger partial charge in [0.2, 0.25) is 5.88 Å². The number of hydrogen-bond acceptors (Lipinski definition) is 5. The van der Waals surface area contributed by atoms with E-state index < -0.39 is 0 Å². The van der Waals surface area contributed by atoms with Gasteiger partial charge in [-0.1, -0.05) is 30.3 Å². The molecule has 6 heteroatoms. The number of ether oxygens (including phenoxy) is 2. The second kappa shape index (κ2) is 9.17. The minimum atomic E-state index is -0.0173. The van der Waals surface area contributed by atoms with Crippen LogP contribution >= 0.6 is 0 Å². The maximum Gasteiger partial charge on any atom is 0.259 e. The van der Waals surface area contributed by atoms with E-state index in [1.165, 1.54) is 5.56 Å². The van der Waals surface area contributed by atoms with Crippen LogP contribution in [0.15, 0.2) is 48.7 Å². The van der Waals surface area contributed by atoms with Crippen molar-refractivity contribution in [1.82, 2.24) is 14.8 Å². The molecule has 1 unspecified atom stereocenters. The highest BCUT2D eigenvalue weighted by Crippen LogP contribution is 2.21. The van der Waals surface area contributed by atoms with Gasteiger partial charge in [0.05, 0.1) is 13.2 Å². The summed E-state index contributed by atoms with van der Waals surface area (Å²) in [5, 5.41) is 0. The molecule has 1 aromatic carbocycles. The lowest BCUT2D eigenvalue weighted by atomic mass is 10.1. The van der Waals surface area contributed by atoms with Crippen molar-refractivity contribution in [1.29, 1.82) is 0 Å². The average Bonchev–Trinajstić information content (AvgIpc) is 3.26. The van der Waals surface area contributed by atoms with E-state index in [1.54, 1.807) is 12.3 Å². The van der Waals surface area contributed by atoms with E-state index in [1.807, 2.05) is 17.0 Å². The highest BCUT2D eigenvalue weighted by atomic mass is 16.5.